The molecule has 8 heteroatoms. The summed E-state index contributed by atoms with van der Waals surface area (Å²) in [7, 11) is 0. The number of anilines is 2. The van der Waals surface area contributed by atoms with Crippen LogP contribution in [0.1, 0.15) is 12.0 Å². The lowest BCUT2D eigenvalue weighted by atomic mass is 10.1. The molecule has 1 atom stereocenters. The number of nitrogens with one attached hydrogen (secondary N) is 2. The Morgan fingerprint density at radius 3 is 2.96 bits per heavy atom. The molecule has 2 aromatic carbocycles. The van der Waals surface area contributed by atoms with Crippen molar-refractivity contribution in [2.24, 2.45) is 0 Å². The van der Waals surface area contributed by atoms with Crippen molar-refractivity contribution in [3.8, 4) is 5.75 Å². The predicted octanol–water partition coefficient (Wildman–Crippen LogP) is 2.80. The first-order valence-corrected chi connectivity index (χ1v) is 8.70. The average molecular weight is 380 g/mol. The van der Waals surface area contributed by atoms with Crippen LogP contribution in [-0.4, -0.2) is 27.7 Å². The molecule has 2 heterocycles. The number of fused-ring (bicyclic) bond motifs is 1. The van der Waals surface area contributed by atoms with Gasteiger partial charge in [0, 0.05) is 6.20 Å². The Labute approximate surface area is 160 Å². The molecule has 0 aliphatic carbocycles. The SMILES string of the molecule is O=C(CC1Oc2ccccc2NC1=O)Nc1cnn(Cc2cccc(F)c2)c1. The molecule has 0 spiro atoms. The van der Waals surface area contributed by atoms with Gasteiger partial charge in [-0.15, -0.1) is 0 Å². The molecule has 28 heavy (non-hydrogen) atoms. The van der Waals surface area contributed by atoms with Crippen molar-refractivity contribution in [2.45, 2.75) is 19.1 Å². The molecule has 0 saturated carbocycles. The Morgan fingerprint density at radius 2 is 2.11 bits per heavy atom. The summed E-state index contributed by atoms with van der Waals surface area (Å²) in [6.07, 6.45) is 2.10. The highest BCUT2D eigenvalue weighted by Crippen LogP contribution is 2.29. The number of para-hydroxylation sites is 2. The van der Waals surface area contributed by atoms with E-state index in [1.54, 1.807) is 47.3 Å². The van der Waals surface area contributed by atoms with E-state index in [-0.39, 0.29) is 24.1 Å². The monoisotopic (exact) mass is 380 g/mol. The molecule has 2 N–H and O–H groups in total. The largest absolute Gasteiger partial charge is 0.478 e. The minimum Gasteiger partial charge on any atom is -0.478 e. The van der Waals surface area contributed by atoms with Crippen LogP contribution in [0.5, 0.6) is 5.75 Å². The summed E-state index contributed by atoms with van der Waals surface area (Å²) in [6.45, 7) is 0.374. The maximum absolute atomic E-state index is 13.3. The van der Waals surface area contributed by atoms with Gasteiger partial charge < -0.3 is 15.4 Å². The fourth-order valence-electron chi connectivity index (χ4n) is 2.94. The van der Waals surface area contributed by atoms with E-state index in [9.17, 15) is 14.0 Å². The van der Waals surface area contributed by atoms with Crippen molar-refractivity contribution in [1.82, 2.24) is 9.78 Å². The molecule has 3 aromatic rings. The number of rotatable bonds is 5. The molecule has 1 aliphatic rings. The Kier molecular flexibility index (Phi) is 4.76. The molecular weight excluding hydrogens is 363 g/mol. The lowest BCUT2D eigenvalue weighted by molar-refractivity contribution is -0.128. The highest BCUT2D eigenvalue weighted by Gasteiger charge is 2.29. The van der Waals surface area contributed by atoms with E-state index >= 15 is 0 Å². The van der Waals surface area contributed by atoms with Gasteiger partial charge in [0.15, 0.2) is 6.10 Å². The zero-order valence-electron chi connectivity index (χ0n) is 14.8. The van der Waals surface area contributed by atoms with Crippen LogP contribution in [0.4, 0.5) is 15.8 Å². The molecule has 1 aliphatic heterocycles. The highest BCUT2D eigenvalue weighted by atomic mass is 19.1. The first kappa shape index (κ1) is 17.7. The number of carbonyl (C=O) groups is 2. The smallest absolute Gasteiger partial charge is 0.266 e. The van der Waals surface area contributed by atoms with Crippen LogP contribution in [0.3, 0.4) is 0 Å². The number of carbonyl (C=O) groups excluding carboxylic acids is 2. The van der Waals surface area contributed by atoms with E-state index in [1.165, 1.54) is 18.3 Å². The quantitative estimate of drug-likeness (QED) is 0.713. The van der Waals surface area contributed by atoms with Crippen molar-refractivity contribution in [3.05, 3.63) is 72.3 Å². The van der Waals surface area contributed by atoms with Crippen LogP contribution in [0.25, 0.3) is 0 Å². The third kappa shape index (κ3) is 4.01. The minimum atomic E-state index is -0.905. The van der Waals surface area contributed by atoms with E-state index < -0.39 is 6.10 Å². The number of halogens is 1. The van der Waals surface area contributed by atoms with E-state index in [2.05, 4.69) is 15.7 Å². The van der Waals surface area contributed by atoms with Crippen molar-refractivity contribution < 1.29 is 18.7 Å². The molecule has 4 rings (SSSR count). The average Bonchev–Trinajstić information content (AvgIpc) is 3.09. The molecule has 7 nitrogen and oxygen atoms in total. The number of nitrogens with zero attached hydrogens (tertiary/aromatic N) is 2. The summed E-state index contributed by atoms with van der Waals surface area (Å²) in [4.78, 5) is 24.4. The lowest BCUT2D eigenvalue weighted by Gasteiger charge is -2.25. The molecule has 0 fully saturated rings. The second-order valence-corrected chi connectivity index (χ2v) is 6.40. The van der Waals surface area contributed by atoms with Gasteiger partial charge in [-0.05, 0) is 29.8 Å². The molecule has 0 saturated heterocycles. The molecule has 0 bridgehead atoms. The zero-order valence-corrected chi connectivity index (χ0v) is 14.8. The molecule has 0 radical (unpaired) electrons. The number of amides is 2. The van der Waals surface area contributed by atoms with Crippen LogP contribution in [0, 0.1) is 5.82 Å². The molecule has 142 valence electrons. The minimum absolute atomic E-state index is 0.130. The fourth-order valence-corrected chi connectivity index (χ4v) is 2.94. The number of ether oxygens (including phenoxy) is 1. The summed E-state index contributed by atoms with van der Waals surface area (Å²) < 4.78 is 20.5. The van der Waals surface area contributed by atoms with Crippen molar-refractivity contribution in [2.75, 3.05) is 10.6 Å². The third-order valence-corrected chi connectivity index (χ3v) is 4.23. The van der Waals surface area contributed by atoms with Gasteiger partial charge in [0.1, 0.15) is 11.6 Å². The van der Waals surface area contributed by atoms with Gasteiger partial charge in [-0.1, -0.05) is 24.3 Å². The molecule has 1 unspecified atom stereocenters. The summed E-state index contributed by atoms with van der Waals surface area (Å²) >= 11 is 0. The van der Waals surface area contributed by atoms with Gasteiger partial charge in [-0.3, -0.25) is 14.3 Å². The summed E-state index contributed by atoms with van der Waals surface area (Å²) in [5, 5.41) is 9.57. The first-order chi connectivity index (χ1) is 13.6. The highest BCUT2D eigenvalue weighted by molar-refractivity contribution is 6.01. The lowest BCUT2D eigenvalue weighted by Crippen LogP contribution is -2.39. The summed E-state index contributed by atoms with van der Waals surface area (Å²) in [5.41, 5.74) is 1.83. The van der Waals surface area contributed by atoms with Gasteiger partial charge in [0.25, 0.3) is 5.91 Å². The van der Waals surface area contributed by atoms with Gasteiger partial charge in [0.2, 0.25) is 5.91 Å². The van der Waals surface area contributed by atoms with E-state index in [4.69, 9.17) is 4.74 Å². The van der Waals surface area contributed by atoms with Gasteiger partial charge in [0.05, 0.1) is 30.5 Å². The van der Waals surface area contributed by atoms with E-state index in [0.29, 0.717) is 23.7 Å². The predicted molar refractivity (Wildman–Crippen MR) is 100 cm³/mol. The van der Waals surface area contributed by atoms with Gasteiger partial charge in [-0.25, -0.2) is 4.39 Å². The van der Waals surface area contributed by atoms with Crippen molar-refractivity contribution in [3.63, 3.8) is 0 Å². The van der Waals surface area contributed by atoms with Crippen LogP contribution in [0.2, 0.25) is 0 Å². The van der Waals surface area contributed by atoms with Crippen LogP contribution < -0.4 is 15.4 Å². The van der Waals surface area contributed by atoms with Gasteiger partial charge >= 0.3 is 0 Å². The maximum Gasteiger partial charge on any atom is 0.266 e. The number of hydrogen-bond donors (Lipinski definition) is 2. The second-order valence-electron chi connectivity index (χ2n) is 6.40. The Balaban J connectivity index is 1.36. The fraction of sp³-hybridized carbons (Fsp3) is 0.150. The first-order valence-electron chi connectivity index (χ1n) is 8.70. The van der Waals surface area contributed by atoms with Crippen LogP contribution >= 0.6 is 0 Å². The third-order valence-electron chi connectivity index (χ3n) is 4.23. The topological polar surface area (TPSA) is 85.2 Å². The second kappa shape index (κ2) is 7.51. The van der Waals surface area contributed by atoms with Crippen LogP contribution in [0.15, 0.2) is 60.9 Å². The zero-order chi connectivity index (χ0) is 19.5. The van der Waals surface area contributed by atoms with E-state index in [0.717, 1.165) is 5.56 Å². The van der Waals surface area contributed by atoms with Crippen LogP contribution in [-0.2, 0) is 16.1 Å². The molecule has 2 amide bonds. The Hall–Kier alpha value is -3.68. The standard InChI is InChI=1S/C20H17FN4O3/c21-14-5-3-4-13(8-14)11-25-12-15(10-22-25)23-19(26)9-18-20(27)24-16-6-1-2-7-17(16)28-18/h1-8,10,12,18H,9,11H2,(H,23,26)(H,24,27). The Morgan fingerprint density at radius 1 is 1.25 bits per heavy atom. The van der Waals surface area contributed by atoms with E-state index in [1.807, 2.05) is 0 Å². The molecule has 1 aromatic heterocycles. The number of hydrogen-bond acceptors (Lipinski definition) is 4. The summed E-state index contributed by atoms with van der Waals surface area (Å²) in [6, 6.07) is 13.3. The summed E-state index contributed by atoms with van der Waals surface area (Å²) in [5.74, 6) is -0.520. The Bertz CT molecular complexity index is 1030. The van der Waals surface area contributed by atoms with Gasteiger partial charge in [-0.2, -0.15) is 5.10 Å². The number of benzene rings is 2. The maximum atomic E-state index is 13.3. The normalized spacial score (nSPS) is 15.3. The molecular formula is C20H17FN4O3. The van der Waals surface area contributed by atoms with Crippen molar-refractivity contribution >= 4 is 23.2 Å². The van der Waals surface area contributed by atoms with Crippen molar-refractivity contribution in [1.29, 1.82) is 0 Å². The number of aromatic nitrogens is 2.